The number of nitrogens with zero attached hydrogens (tertiary/aromatic N) is 1. The number of aryl methyl sites for hydroxylation is 2. The van der Waals surface area contributed by atoms with E-state index in [1.165, 1.54) is 36.4 Å². The van der Waals surface area contributed by atoms with Crippen molar-refractivity contribution < 1.29 is 22.0 Å². The van der Waals surface area contributed by atoms with Gasteiger partial charge in [-0.1, -0.05) is 76.9 Å². The summed E-state index contributed by atoms with van der Waals surface area (Å²) in [5, 5.41) is 13.1. The van der Waals surface area contributed by atoms with Gasteiger partial charge in [0, 0.05) is 11.1 Å². The van der Waals surface area contributed by atoms with Crippen molar-refractivity contribution in [3.63, 3.8) is 0 Å². The first-order valence-electron chi connectivity index (χ1n) is 11.2. The maximum atomic E-state index is 13.2. The largest absolute Gasteiger partial charge is 0.410 e. The second-order valence-corrected chi connectivity index (χ2v) is 11.8. The number of sulfonamides is 2. The predicted octanol–water partition coefficient (Wildman–Crippen LogP) is 5.13. The van der Waals surface area contributed by atoms with Crippen molar-refractivity contribution >= 4 is 37.1 Å². The second-order valence-electron chi connectivity index (χ2n) is 8.41. The summed E-state index contributed by atoms with van der Waals surface area (Å²) in [6.07, 6.45) is 0. The molecule has 0 heterocycles. The molecular weight excluding hydrogens is 510 g/mol. The molecule has 0 aliphatic heterocycles. The summed E-state index contributed by atoms with van der Waals surface area (Å²) in [5.74, 6) is 0. The van der Waals surface area contributed by atoms with Gasteiger partial charge in [-0.3, -0.25) is 9.44 Å². The monoisotopic (exact) mass is 535 g/mol. The fraction of sp³-hybridized carbons (Fsp3) is 0.0741. The molecule has 0 spiro atoms. The lowest BCUT2D eigenvalue weighted by Gasteiger charge is -2.17. The van der Waals surface area contributed by atoms with Crippen LogP contribution in [0.15, 0.2) is 112 Å². The van der Waals surface area contributed by atoms with Crippen molar-refractivity contribution in [1.29, 1.82) is 0 Å². The molecule has 0 amide bonds. The fourth-order valence-electron chi connectivity index (χ4n) is 3.59. The fourth-order valence-corrected chi connectivity index (χ4v) is 5.74. The molecule has 10 heteroatoms. The average Bonchev–Trinajstić information content (AvgIpc) is 2.87. The number of rotatable bonds is 8. The van der Waals surface area contributed by atoms with E-state index < -0.39 is 20.0 Å². The zero-order valence-electron chi connectivity index (χ0n) is 20.1. The molecule has 190 valence electrons. The maximum absolute atomic E-state index is 13.2. The SMILES string of the molecule is Cc1ccc(S(=O)(=O)Nc2ccc(/C(=N/O)c3ccccc3)cc2NS(=O)(=O)c2ccc(C)cc2)cc1. The van der Waals surface area contributed by atoms with Gasteiger partial charge < -0.3 is 5.21 Å². The van der Waals surface area contributed by atoms with Gasteiger partial charge in [-0.2, -0.15) is 0 Å². The van der Waals surface area contributed by atoms with Crippen LogP contribution in [0.5, 0.6) is 0 Å². The number of anilines is 2. The molecule has 4 aromatic rings. The van der Waals surface area contributed by atoms with Gasteiger partial charge in [0.25, 0.3) is 20.0 Å². The van der Waals surface area contributed by atoms with E-state index in [4.69, 9.17) is 0 Å². The summed E-state index contributed by atoms with van der Waals surface area (Å²) >= 11 is 0. The highest BCUT2D eigenvalue weighted by Crippen LogP contribution is 2.30. The summed E-state index contributed by atoms with van der Waals surface area (Å²) in [5.41, 5.74) is 2.89. The number of oxime groups is 1. The van der Waals surface area contributed by atoms with E-state index in [1.54, 1.807) is 54.6 Å². The molecule has 8 nitrogen and oxygen atoms in total. The van der Waals surface area contributed by atoms with Crippen molar-refractivity contribution in [2.75, 3.05) is 9.44 Å². The van der Waals surface area contributed by atoms with E-state index in [9.17, 15) is 22.0 Å². The third-order valence-electron chi connectivity index (χ3n) is 5.59. The van der Waals surface area contributed by atoms with Gasteiger partial charge in [0.1, 0.15) is 5.71 Å². The van der Waals surface area contributed by atoms with Crippen LogP contribution in [0.2, 0.25) is 0 Å². The standard InChI is InChI=1S/C27H25N3O5S2/c1-19-8-13-23(14-9-19)36(32,33)29-25-17-12-22(27(28-31)21-6-4-3-5-7-21)18-26(25)30-37(34,35)24-15-10-20(2)11-16-24/h3-18,29-31H,1-2H3/b28-27+. The molecule has 0 aromatic heterocycles. The summed E-state index contributed by atoms with van der Waals surface area (Å²) in [6.45, 7) is 3.68. The average molecular weight is 536 g/mol. The topological polar surface area (TPSA) is 125 Å². The lowest BCUT2D eigenvalue weighted by atomic mass is 10.0. The molecule has 0 radical (unpaired) electrons. The Labute approximate surface area is 216 Å². The van der Waals surface area contributed by atoms with Gasteiger partial charge in [0.05, 0.1) is 21.2 Å². The first-order chi connectivity index (χ1) is 17.6. The summed E-state index contributed by atoms with van der Waals surface area (Å²) < 4.78 is 57.5. The number of hydrogen-bond acceptors (Lipinski definition) is 6. The van der Waals surface area contributed by atoms with E-state index in [0.29, 0.717) is 11.1 Å². The lowest BCUT2D eigenvalue weighted by Crippen LogP contribution is -2.18. The molecule has 0 bridgehead atoms. The molecule has 0 saturated carbocycles. The predicted molar refractivity (Wildman–Crippen MR) is 144 cm³/mol. The van der Waals surface area contributed by atoms with E-state index >= 15 is 0 Å². The third kappa shape index (κ3) is 5.99. The van der Waals surface area contributed by atoms with Gasteiger partial charge >= 0.3 is 0 Å². The Morgan fingerprint density at radius 2 is 1.11 bits per heavy atom. The van der Waals surface area contributed by atoms with Gasteiger partial charge in [-0.05, 0) is 50.2 Å². The van der Waals surface area contributed by atoms with E-state index in [0.717, 1.165) is 11.1 Å². The highest BCUT2D eigenvalue weighted by Gasteiger charge is 2.21. The van der Waals surface area contributed by atoms with Crippen LogP contribution in [0.4, 0.5) is 11.4 Å². The van der Waals surface area contributed by atoms with Crippen molar-refractivity contribution in [2.24, 2.45) is 5.16 Å². The minimum absolute atomic E-state index is 0.00497. The smallest absolute Gasteiger partial charge is 0.261 e. The number of nitrogens with one attached hydrogen (secondary N) is 2. The molecule has 0 atom stereocenters. The van der Waals surface area contributed by atoms with E-state index in [2.05, 4.69) is 14.6 Å². The Morgan fingerprint density at radius 1 is 0.622 bits per heavy atom. The van der Waals surface area contributed by atoms with E-state index in [1.807, 2.05) is 19.9 Å². The maximum Gasteiger partial charge on any atom is 0.261 e. The Hall–Kier alpha value is -4.15. The lowest BCUT2D eigenvalue weighted by molar-refractivity contribution is 0.319. The van der Waals surface area contributed by atoms with Crippen LogP contribution >= 0.6 is 0 Å². The minimum Gasteiger partial charge on any atom is -0.410 e. The van der Waals surface area contributed by atoms with Crippen LogP contribution in [0.3, 0.4) is 0 Å². The van der Waals surface area contributed by atoms with Gasteiger partial charge in [0.15, 0.2) is 0 Å². The zero-order chi connectivity index (χ0) is 26.6. The first kappa shape index (κ1) is 25.9. The van der Waals surface area contributed by atoms with Crippen LogP contribution in [0.25, 0.3) is 0 Å². The van der Waals surface area contributed by atoms with Crippen molar-refractivity contribution in [3.8, 4) is 0 Å². The Bertz CT molecular complexity index is 1650. The van der Waals surface area contributed by atoms with Crippen LogP contribution in [-0.4, -0.2) is 27.8 Å². The molecule has 0 aliphatic rings. The number of benzene rings is 4. The first-order valence-corrected chi connectivity index (χ1v) is 14.2. The Morgan fingerprint density at radius 3 is 1.59 bits per heavy atom. The third-order valence-corrected chi connectivity index (χ3v) is 8.35. The molecular formula is C27H25N3O5S2. The molecule has 3 N–H and O–H groups in total. The Balaban J connectivity index is 1.79. The van der Waals surface area contributed by atoms with Crippen LogP contribution in [0.1, 0.15) is 22.3 Å². The molecule has 0 saturated heterocycles. The summed E-state index contributed by atoms with van der Waals surface area (Å²) in [7, 11) is -8.11. The Kier molecular flexibility index (Phi) is 7.33. The van der Waals surface area contributed by atoms with Crippen LogP contribution in [-0.2, 0) is 20.0 Å². The summed E-state index contributed by atoms with van der Waals surface area (Å²) in [4.78, 5) is 0.0337. The van der Waals surface area contributed by atoms with Gasteiger partial charge in [0.2, 0.25) is 0 Å². The quantitative estimate of drug-likeness (QED) is 0.164. The normalized spacial score (nSPS) is 12.2. The van der Waals surface area contributed by atoms with Crippen molar-refractivity contribution in [2.45, 2.75) is 23.6 Å². The molecule has 37 heavy (non-hydrogen) atoms. The molecule has 4 rings (SSSR count). The minimum atomic E-state index is -4.08. The molecule has 0 fully saturated rings. The van der Waals surface area contributed by atoms with E-state index in [-0.39, 0.29) is 26.9 Å². The highest BCUT2D eigenvalue weighted by molar-refractivity contribution is 7.93. The van der Waals surface area contributed by atoms with Gasteiger partial charge in [-0.15, -0.1) is 0 Å². The molecule has 0 aliphatic carbocycles. The number of hydrogen-bond donors (Lipinski definition) is 3. The van der Waals surface area contributed by atoms with Crippen molar-refractivity contribution in [1.82, 2.24) is 0 Å². The summed E-state index contributed by atoms with van der Waals surface area (Å²) in [6, 6.07) is 25.7. The zero-order valence-corrected chi connectivity index (χ0v) is 21.7. The van der Waals surface area contributed by atoms with Crippen LogP contribution < -0.4 is 9.44 Å². The second kappa shape index (κ2) is 10.5. The molecule has 0 unspecified atom stereocenters. The van der Waals surface area contributed by atoms with Crippen molar-refractivity contribution in [3.05, 3.63) is 119 Å². The van der Waals surface area contributed by atoms with Gasteiger partial charge in [-0.25, -0.2) is 16.8 Å². The molecule has 4 aromatic carbocycles. The highest BCUT2D eigenvalue weighted by atomic mass is 32.2. The van der Waals surface area contributed by atoms with Crippen LogP contribution in [0, 0.1) is 13.8 Å².